The molecule has 0 radical (unpaired) electrons. The number of carbonyl (C=O) groups is 1. The molecule has 186 valence electrons. The Morgan fingerprint density at radius 3 is 2.42 bits per heavy atom. The van der Waals surface area contributed by atoms with Crippen LogP contribution in [0.2, 0.25) is 5.02 Å². The summed E-state index contributed by atoms with van der Waals surface area (Å²) in [4.78, 5) is 27.8. The molecule has 0 fully saturated rings. The monoisotopic (exact) mass is 506 g/mol. The topological polar surface area (TPSA) is 115 Å². The van der Waals surface area contributed by atoms with E-state index in [1.54, 1.807) is 70.5 Å². The van der Waals surface area contributed by atoms with Gasteiger partial charge in [-0.15, -0.1) is 0 Å². The molecule has 0 aliphatic heterocycles. The number of para-hydroxylation sites is 2. The van der Waals surface area contributed by atoms with Crippen molar-refractivity contribution in [3.05, 3.63) is 71.8 Å². The van der Waals surface area contributed by atoms with Gasteiger partial charge in [0.15, 0.2) is 11.6 Å². The second-order valence-corrected chi connectivity index (χ2v) is 9.05. The molecule has 0 bridgehead atoms. The predicted molar refractivity (Wildman–Crippen MR) is 143 cm³/mol. The summed E-state index contributed by atoms with van der Waals surface area (Å²) >= 11 is 6.42. The molecule has 4 aromatic rings. The zero-order valence-corrected chi connectivity index (χ0v) is 21.1. The first-order valence-electron chi connectivity index (χ1n) is 11.1. The van der Waals surface area contributed by atoms with Crippen molar-refractivity contribution < 1.29 is 14.4 Å². The minimum atomic E-state index is -1.02. The molecular weight excluding hydrogens is 480 g/mol. The van der Waals surface area contributed by atoms with Crippen LogP contribution in [0.3, 0.4) is 0 Å². The van der Waals surface area contributed by atoms with Crippen LogP contribution < -0.4 is 31.0 Å². The van der Waals surface area contributed by atoms with Crippen LogP contribution in [0.5, 0.6) is 11.5 Å². The average molecular weight is 507 g/mol. The lowest BCUT2D eigenvalue weighted by atomic mass is 10.1. The number of rotatable bonds is 8. The van der Waals surface area contributed by atoms with Crippen molar-refractivity contribution in [1.29, 1.82) is 0 Å². The molecule has 4 N–H and O–H groups in total. The Bertz CT molecular complexity index is 1410. The summed E-state index contributed by atoms with van der Waals surface area (Å²) in [5.41, 5.74) is 7.41. The number of nitrogens with zero attached hydrogens (tertiary/aromatic N) is 3. The van der Waals surface area contributed by atoms with Gasteiger partial charge in [-0.05, 0) is 50.2 Å². The van der Waals surface area contributed by atoms with E-state index in [0.29, 0.717) is 50.6 Å². The largest absolute Gasteiger partial charge is 0.497 e. The summed E-state index contributed by atoms with van der Waals surface area (Å²) < 4.78 is 5.33. The summed E-state index contributed by atoms with van der Waals surface area (Å²) in [6.45, 7) is 3.27. The fourth-order valence-electron chi connectivity index (χ4n) is 3.27. The third kappa shape index (κ3) is 5.76. The average Bonchev–Trinajstić information content (AvgIpc) is 2.84. The van der Waals surface area contributed by atoms with Crippen molar-refractivity contribution in [3.63, 3.8) is 0 Å². The van der Waals surface area contributed by atoms with E-state index in [2.05, 4.69) is 10.6 Å². The number of nitrogens with one attached hydrogen (secondary N) is 2. The molecule has 0 saturated carbocycles. The van der Waals surface area contributed by atoms with Crippen LogP contribution in [0.15, 0.2) is 66.7 Å². The number of hydroxylamine groups is 1. The number of carbonyl (C=O) groups excluding carboxylic acids is 1. The predicted octanol–water partition coefficient (Wildman–Crippen LogP) is 5.14. The van der Waals surface area contributed by atoms with E-state index in [4.69, 9.17) is 36.9 Å². The number of anilines is 4. The van der Waals surface area contributed by atoms with Gasteiger partial charge in [0, 0.05) is 24.9 Å². The number of halogens is 1. The first-order valence-corrected chi connectivity index (χ1v) is 11.5. The molecule has 1 amide bonds. The highest BCUT2D eigenvalue weighted by molar-refractivity contribution is 6.33. The van der Waals surface area contributed by atoms with E-state index >= 15 is 0 Å². The molecule has 1 heterocycles. The Balaban J connectivity index is 1.66. The summed E-state index contributed by atoms with van der Waals surface area (Å²) in [5.74, 6) is 1.66. The maximum Gasteiger partial charge on any atom is 0.243 e. The molecule has 9 nitrogen and oxygen atoms in total. The number of amides is 1. The second-order valence-electron chi connectivity index (χ2n) is 8.65. The van der Waals surface area contributed by atoms with E-state index in [1.165, 1.54) is 5.06 Å². The number of benzene rings is 3. The SMILES string of the molecule is COc1ccc(Cl)c(Nc2nc3ccccc3nc2N(C)Oc2cccc(NC(=O)C(C)(C)N)c2)c1. The lowest BCUT2D eigenvalue weighted by Gasteiger charge is -2.22. The molecule has 4 rings (SSSR count). The van der Waals surface area contributed by atoms with E-state index in [0.717, 1.165) is 0 Å². The summed E-state index contributed by atoms with van der Waals surface area (Å²) in [6, 6.07) is 19.8. The van der Waals surface area contributed by atoms with Gasteiger partial charge in [-0.25, -0.2) is 9.97 Å². The molecule has 0 aliphatic carbocycles. The molecule has 0 aliphatic rings. The van der Waals surface area contributed by atoms with Gasteiger partial charge in [0.1, 0.15) is 5.75 Å². The van der Waals surface area contributed by atoms with Crippen molar-refractivity contribution in [3.8, 4) is 11.5 Å². The standard InChI is InChI=1S/C26H27ClN6O3/c1-26(2,28)25(34)29-16-8-7-9-18(14-16)36-33(3)24-23(30-20-10-5-6-11-21(20)32-24)31-22-15-17(35-4)12-13-19(22)27/h5-15H,28H2,1-4H3,(H,29,34)(H,30,31). The lowest BCUT2D eigenvalue weighted by Crippen LogP contribution is -2.45. The Morgan fingerprint density at radius 2 is 1.72 bits per heavy atom. The summed E-state index contributed by atoms with van der Waals surface area (Å²) in [7, 11) is 3.30. The van der Waals surface area contributed by atoms with Crippen molar-refractivity contribution >= 4 is 51.6 Å². The highest BCUT2D eigenvalue weighted by atomic mass is 35.5. The number of aromatic nitrogens is 2. The van der Waals surface area contributed by atoms with E-state index in [9.17, 15) is 4.79 Å². The molecule has 10 heteroatoms. The summed E-state index contributed by atoms with van der Waals surface area (Å²) in [6.07, 6.45) is 0. The van der Waals surface area contributed by atoms with Crippen LogP contribution in [0, 0.1) is 0 Å². The first kappa shape index (κ1) is 25.0. The second kappa shape index (κ2) is 10.3. The number of hydrogen-bond acceptors (Lipinski definition) is 8. The van der Waals surface area contributed by atoms with Crippen molar-refractivity contribution in [1.82, 2.24) is 9.97 Å². The quantitative estimate of drug-likeness (QED) is 0.281. The molecule has 0 saturated heterocycles. The third-order valence-electron chi connectivity index (χ3n) is 5.20. The Hall–Kier alpha value is -4.08. The van der Waals surface area contributed by atoms with Gasteiger partial charge in [-0.3, -0.25) is 4.79 Å². The van der Waals surface area contributed by atoms with Crippen LogP contribution in [-0.2, 0) is 4.79 Å². The number of ether oxygens (including phenoxy) is 1. The normalized spacial score (nSPS) is 11.2. The fraction of sp³-hybridized carbons (Fsp3) is 0.192. The van der Waals surface area contributed by atoms with Gasteiger partial charge in [-0.1, -0.05) is 29.8 Å². The van der Waals surface area contributed by atoms with Gasteiger partial charge in [0.2, 0.25) is 11.7 Å². The molecule has 3 aromatic carbocycles. The fourth-order valence-corrected chi connectivity index (χ4v) is 3.44. The molecular formula is C26H27ClN6O3. The molecule has 0 atom stereocenters. The van der Waals surface area contributed by atoms with Crippen LogP contribution in [0.4, 0.5) is 23.0 Å². The van der Waals surface area contributed by atoms with Crippen molar-refractivity contribution in [2.45, 2.75) is 19.4 Å². The van der Waals surface area contributed by atoms with Gasteiger partial charge in [0.05, 0.1) is 34.4 Å². The number of hydrogen-bond donors (Lipinski definition) is 3. The van der Waals surface area contributed by atoms with Crippen molar-refractivity contribution in [2.24, 2.45) is 5.73 Å². The van der Waals surface area contributed by atoms with Gasteiger partial charge < -0.3 is 25.9 Å². The highest BCUT2D eigenvalue weighted by Gasteiger charge is 2.22. The first-order chi connectivity index (χ1) is 17.1. The zero-order valence-electron chi connectivity index (χ0n) is 20.4. The van der Waals surface area contributed by atoms with Gasteiger partial charge in [0.25, 0.3) is 0 Å². The van der Waals surface area contributed by atoms with Gasteiger partial charge in [-0.2, -0.15) is 5.06 Å². The Labute approximate surface area is 214 Å². The maximum absolute atomic E-state index is 12.3. The molecule has 1 aromatic heterocycles. The minimum Gasteiger partial charge on any atom is -0.497 e. The van der Waals surface area contributed by atoms with Gasteiger partial charge >= 0.3 is 0 Å². The summed E-state index contributed by atoms with van der Waals surface area (Å²) in [5, 5.41) is 8.02. The molecule has 0 spiro atoms. The van der Waals surface area contributed by atoms with Crippen LogP contribution in [0.25, 0.3) is 11.0 Å². The lowest BCUT2D eigenvalue weighted by molar-refractivity contribution is -0.120. The van der Waals surface area contributed by atoms with Crippen LogP contribution >= 0.6 is 11.6 Å². The minimum absolute atomic E-state index is 0.310. The highest BCUT2D eigenvalue weighted by Crippen LogP contribution is 2.33. The molecule has 36 heavy (non-hydrogen) atoms. The smallest absolute Gasteiger partial charge is 0.243 e. The van der Waals surface area contributed by atoms with E-state index in [1.807, 2.05) is 24.3 Å². The number of fused-ring (bicyclic) bond motifs is 1. The number of nitrogens with two attached hydrogens (primary N) is 1. The zero-order chi connectivity index (χ0) is 25.9. The molecule has 0 unspecified atom stereocenters. The Morgan fingerprint density at radius 1 is 1.00 bits per heavy atom. The maximum atomic E-state index is 12.3. The van der Waals surface area contributed by atoms with E-state index < -0.39 is 5.54 Å². The Kier molecular flexibility index (Phi) is 7.14. The van der Waals surface area contributed by atoms with E-state index in [-0.39, 0.29) is 5.91 Å². The van der Waals surface area contributed by atoms with Crippen LogP contribution in [-0.4, -0.2) is 35.6 Å². The van der Waals surface area contributed by atoms with Crippen LogP contribution in [0.1, 0.15) is 13.8 Å². The number of methoxy groups -OCH3 is 1. The van der Waals surface area contributed by atoms with Crippen molar-refractivity contribution in [2.75, 3.05) is 29.9 Å². The third-order valence-corrected chi connectivity index (χ3v) is 5.53.